The van der Waals surface area contributed by atoms with E-state index in [9.17, 15) is 25.2 Å². The molecule has 150 valence electrons. The third-order valence-corrected chi connectivity index (χ3v) is 5.31. The van der Waals surface area contributed by atoms with Crippen molar-refractivity contribution in [2.75, 3.05) is 6.61 Å². The molecule has 8 nitrogen and oxygen atoms in total. The number of ether oxygens (including phenoxy) is 2. The van der Waals surface area contributed by atoms with Crippen LogP contribution < -0.4 is 0 Å². The van der Waals surface area contributed by atoms with Gasteiger partial charge in [0.05, 0.1) is 12.7 Å². The summed E-state index contributed by atoms with van der Waals surface area (Å²) in [5.74, 6) is -0.932. The number of allylic oxidation sites excluding steroid dienone is 2. The van der Waals surface area contributed by atoms with E-state index in [0.29, 0.717) is 19.3 Å². The van der Waals surface area contributed by atoms with Crippen molar-refractivity contribution in [3.8, 4) is 0 Å². The van der Waals surface area contributed by atoms with Crippen molar-refractivity contribution in [2.24, 2.45) is 11.8 Å². The highest BCUT2D eigenvalue weighted by Gasteiger charge is 2.47. The maximum Gasteiger partial charge on any atom is 0.303 e. The molecule has 8 atom stereocenters. The highest BCUT2D eigenvalue weighted by molar-refractivity contribution is 5.67. The lowest BCUT2D eigenvalue weighted by Gasteiger charge is -2.41. The van der Waals surface area contributed by atoms with Crippen LogP contribution in [0.1, 0.15) is 39.0 Å². The molecule has 1 aliphatic heterocycles. The Labute approximate surface area is 153 Å². The SMILES string of the molecule is CC/C=C\C[C@@H]1[C@H](CC(=O)O)CC[C@@H]1O[C@@H]1O[C@@H](CO)[C@@H](O)[C@@H](O)[C@@H]1O. The number of carboxylic acids is 1. The third-order valence-electron chi connectivity index (χ3n) is 5.31. The molecule has 1 aliphatic carbocycles. The lowest BCUT2D eigenvalue weighted by atomic mass is 9.88. The van der Waals surface area contributed by atoms with Crippen LogP contribution >= 0.6 is 0 Å². The molecule has 0 radical (unpaired) electrons. The maximum absolute atomic E-state index is 11.1. The van der Waals surface area contributed by atoms with Gasteiger partial charge < -0.3 is 35.0 Å². The molecule has 1 saturated heterocycles. The van der Waals surface area contributed by atoms with Gasteiger partial charge in [-0.1, -0.05) is 19.1 Å². The van der Waals surface area contributed by atoms with Crippen LogP contribution in [0.2, 0.25) is 0 Å². The van der Waals surface area contributed by atoms with E-state index in [1.807, 2.05) is 19.1 Å². The van der Waals surface area contributed by atoms with Gasteiger partial charge in [-0.05, 0) is 37.5 Å². The Bertz CT molecular complexity index is 480. The first kappa shape index (κ1) is 21.3. The summed E-state index contributed by atoms with van der Waals surface area (Å²) in [7, 11) is 0. The Hall–Kier alpha value is -1.03. The van der Waals surface area contributed by atoms with Crippen LogP contribution in [0, 0.1) is 11.8 Å². The van der Waals surface area contributed by atoms with E-state index < -0.39 is 43.3 Å². The zero-order valence-electron chi connectivity index (χ0n) is 15.0. The molecule has 0 unspecified atom stereocenters. The standard InChI is InChI=1S/C18H30O8/c1-2-3-4-5-11-10(8-14(20)21)6-7-12(11)25-18-17(24)16(23)15(22)13(9-19)26-18/h3-4,10-13,15-19,22-24H,2,5-9H2,1H3,(H,20,21)/b4-3-/t10-,11+,12-,13-,15+,16+,17-,18+/m0/s1. The molecule has 0 aromatic carbocycles. The van der Waals surface area contributed by atoms with Gasteiger partial charge in [-0.25, -0.2) is 0 Å². The summed E-state index contributed by atoms with van der Waals surface area (Å²) in [4.78, 5) is 11.1. The molecule has 1 saturated carbocycles. The number of aliphatic hydroxyl groups is 4. The normalized spacial score (nSPS) is 41.0. The van der Waals surface area contributed by atoms with E-state index in [-0.39, 0.29) is 24.4 Å². The Morgan fingerprint density at radius 2 is 1.88 bits per heavy atom. The molecular weight excluding hydrogens is 344 g/mol. The van der Waals surface area contributed by atoms with Crippen LogP contribution in [0.25, 0.3) is 0 Å². The van der Waals surface area contributed by atoms with Gasteiger partial charge in [0, 0.05) is 6.42 Å². The lowest BCUT2D eigenvalue weighted by molar-refractivity contribution is -0.313. The summed E-state index contributed by atoms with van der Waals surface area (Å²) in [6, 6.07) is 0. The van der Waals surface area contributed by atoms with E-state index in [0.717, 1.165) is 6.42 Å². The average Bonchev–Trinajstić information content (AvgIpc) is 2.96. The van der Waals surface area contributed by atoms with Crippen LogP contribution in [-0.2, 0) is 14.3 Å². The highest BCUT2D eigenvalue weighted by Crippen LogP contribution is 2.40. The van der Waals surface area contributed by atoms with Crippen molar-refractivity contribution in [3.05, 3.63) is 12.2 Å². The minimum atomic E-state index is -1.49. The van der Waals surface area contributed by atoms with E-state index in [4.69, 9.17) is 14.6 Å². The Morgan fingerprint density at radius 3 is 2.50 bits per heavy atom. The molecule has 0 aromatic heterocycles. The fourth-order valence-corrected chi connectivity index (χ4v) is 3.87. The first-order chi connectivity index (χ1) is 12.4. The van der Waals surface area contributed by atoms with Gasteiger partial charge in [-0.3, -0.25) is 4.79 Å². The van der Waals surface area contributed by atoms with E-state index >= 15 is 0 Å². The van der Waals surface area contributed by atoms with Crippen LogP contribution in [0.5, 0.6) is 0 Å². The number of rotatable bonds is 8. The van der Waals surface area contributed by atoms with Crippen molar-refractivity contribution < 1.29 is 39.8 Å². The monoisotopic (exact) mass is 374 g/mol. The molecule has 2 rings (SSSR count). The minimum absolute atomic E-state index is 0.0381. The van der Waals surface area contributed by atoms with E-state index in [1.54, 1.807) is 0 Å². The molecule has 0 bridgehead atoms. The van der Waals surface area contributed by atoms with Crippen LogP contribution in [0.4, 0.5) is 0 Å². The van der Waals surface area contributed by atoms with Crippen molar-refractivity contribution in [1.29, 1.82) is 0 Å². The smallest absolute Gasteiger partial charge is 0.303 e. The maximum atomic E-state index is 11.1. The minimum Gasteiger partial charge on any atom is -0.481 e. The van der Waals surface area contributed by atoms with Crippen molar-refractivity contribution in [3.63, 3.8) is 0 Å². The summed E-state index contributed by atoms with van der Waals surface area (Å²) in [5, 5.41) is 48.3. The zero-order valence-corrected chi connectivity index (χ0v) is 15.0. The summed E-state index contributed by atoms with van der Waals surface area (Å²) in [5.41, 5.74) is 0. The number of carboxylic acid groups (broad SMARTS) is 1. The Balaban J connectivity index is 2.07. The van der Waals surface area contributed by atoms with Crippen LogP contribution in [0.15, 0.2) is 12.2 Å². The third kappa shape index (κ3) is 5.03. The summed E-state index contributed by atoms with van der Waals surface area (Å²) in [6.07, 6.45) is 0.0423. The summed E-state index contributed by atoms with van der Waals surface area (Å²) < 4.78 is 11.3. The molecule has 2 fully saturated rings. The first-order valence-corrected chi connectivity index (χ1v) is 9.21. The fourth-order valence-electron chi connectivity index (χ4n) is 3.87. The van der Waals surface area contributed by atoms with Gasteiger partial charge in [-0.2, -0.15) is 0 Å². The predicted octanol–water partition coefficient (Wildman–Crippen LogP) is 0.0287. The van der Waals surface area contributed by atoms with Gasteiger partial charge in [0.1, 0.15) is 24.4 Å². The first-order valence-electron chi connectivity index (χ1n) is 9.21. The molecule has 1 heterocycles. The molecule has 0 aromatic rings. The zero-order chi connectivity index (χ0) is 19.3. The van der Waals surface area contributed by atoms with Gasteiger partial charge in [0.25, 0.3) is 0 Å². The second-order valence-electron chi connectivity index (χ2n) is 7.09. The molecule has 0 spiro atoms. The second kappa shape index (κ2) is 9.77. The number of hydrogen-bond donors (Lipinski definition) is 5. The summed E-state index contributed by atoms with van der Waals surface area (Å²) >= 11 is 0. The van der Waals surface area contributed by atoms with E-state index in [1.165, 1.54) is 0 Å². The van der Waals surface area contributed by atoms with E-state index in [2.05, 4.69) is 0 Å². The quantitative estimate of drug-likeness (QED) is 0.375. The van der Waals surface area contributed by atoms with Gasteiger partial charge in [0.15, 0.2) is 6.29 Å². The van der Waals surface area contributed by atoms with Crippen LogP contribution in [-0.4, -0.2) is 74.9 Å². The number of hydrogen-bond acceptors (Lipinski definition) is 7. The Kier molecular flexibility index (Phi) is 8.00. The van der Waals surface area contributed by atoms with Gasteiger partial charge in [0.2, 0.25) is 0 Å². The molecule has 2 aliphatic rings. The number of carbonyl (C=O) groups is 1. The van der Waals surface area contributed by atoms with Crippen molar-refractivity contribution in [1.82, 2.24) is 0 Å². The van der Waals surface area contributed by atoms with Crippen molar-refractivity contribution >= 4 is 5.97 Å². The van der Waals surface area contributed by atoms with Crippen LogP contribution in [0.3, 0.4) is 0 Å². The average molecular weight is 374 g/mol. The summed E-state index contributed by atoms with van der Waals surface area (Å²) in [6.45, 7) is 1.50. The topological polar surface area (TPSA) is 137 Å². The lowest BCUT2D eigenvalue weighted by Crippen LogP contribution is -2.59. The number of aliphatic hydroxyl groups excluding tert-OH is 4. The molecule has 0 amide bonds. The molecule has 8 heteroatoms. The Morgan fingerprint density at radius 1 is 1.15 bits per heavy atom. The fraction of sp³-hybridized carbons (Fsp3) is 0.833. The van der Waals surface area contributed by atoms with Crippen molar-refractivity contribution in [2.45, 2.75) is 75.8 Å². The van der Waals surface area contributed by atoms with Gasteiger partial charge in [-0.15, -0.1) is 0 Å². The second-order valence-corrected chi connectivity index (χ2v) is 7.09. The molecular formula is C18H30O8. The highest BCUT2D eigenvalue weighted by atomic mass is 16.7. The van der Waals surface area contributed by atoms with Gasteiger partial charge >= 0.3 is 5.97 Å². The molecule has 26 heavy (non-hydrogen) atoms. The predicted molar refractivity (Wildman–Crippen MR) is 91.2 cm³/mol. The molecule has 5 N–H and O–H groups in total. The largest absolute Gasteiger partial charge is 0.481 e. The number of aliphatic carboxylic acids is 1.